The molecule has 1 N–H and O–H groups in total. The zero-order valence-electron chi connectivity index (χ0n) is 14.8. The number of aliphatic imine (C=N–C) groups is 1. The summed E-state index contributed by atoms with van der Waals surface area (Å²) in [7, 11) is 0. The number of aryl methyl sites for hydroxylation is 2. The Hall–Kier alpha value is -2.97. The quantitative estimate of drug-likeness (QED) is 0.613. The van der Waals surface area contributed by atoms with Crippen molar-refractivity contribution in [3.63, 3.8) is 0 Å². The summed E-state index contributed by atoms with van der Waals surface area (Å²) in [6.07, 6.45) is -4.39. The van der Waals surface area contributed by atoms with Crippen molar-refractivity contribution in [3.8, 4) is 0 Å². The van der Waals surface area contributed by atoms with E-state index in [4.69, 9.17) is 0 Å². The first-order chi connectivity index (χ1) is 12.7. The molecular formula is C18H18F3N5O. The molecule has 1 aromatic carbocycles. The van der Waals surface area contributed by atoms with E-state index in [1.165, 1.54) is 0 Å². The lowest BCUT2D eigenvalue weighted by Crippen LogP contribution is -2.49. The van der Waals surface area contributed by atoms with Crippen LogP contribution in [-0.2, 0) is 17.8 Å². The third-order valence-corrected chi connectivity index (χ3v) is 4.09. The lowest BCUT2D eigenvalue weighted by atomic mass is 10.0. The van der Waals surface area contributed by atoms with E-state index in [0.29, 0.717) is 30.9 Å². The van der Waals surface area contributed by atoms with E-state index < -0.39 is 12.1 Å². The van der Waals surface area contributed by atoms with E-state index in [9.17, 15) is 18.0 Å². The lowest BCUT2D eigenvalue weighted by Gasteiger charge is -2.31. The van der Waals surface area contributed by atoms with Crippen LogP contribution in [0.4, 0.5) is 19.1 Å². The van der Waals surface area contributed by atoms with Gasteiger partial charge in [-0.15, -0.1) is 0 Å². The summed E-state index contributed by atoms with van der Waals surface area (Å²) < 4.78 is 38.3. The zero-order valence-corrected chi connectivity index (χ0v) is 14.8. The van der Waals surface area contributed by atoms with Crippen LogP contribution in [0.25, 0.3) is 0 Å². The van der Waals surface area contributed by atoms with Crippen molar-refractivity contribution < 1.29 is 18.0 Å². The molecule has 1 aromatic heterocycles. The highest BCUT2D eigenvalue weighted by molar-refractivity contribution is 6.00. The Morgan fingerprint density at radius 3 is 2.41 bits per heavy atom. The number of guanidine groups is 1. The average Bonchev–Trinajstić information content (AvgIpc) is 2.59. The number of rotatable bonds is 1. The van der Waals surface area contributed by atoms with E-state index in [1.807, 2.05) is 29.6 Å². The molecule has 0 fully saturated rings. The highest BCUT2D eigenvalue weighted by Gasteiger charge is 2.40. The Morgan fingerprint density at radius 1 is 1.15 bits per heavy atom. The molecule has 27 heavy (non-hydrogen) atoms. The second-order valence-corrected chi connectivity index (χ2v) is 6.28. The molecule has 2 heterocycles. The molecule has 2 aromatic rings. The van der Waals surface area contributed by atoms with Gasteiger partial charge in [-0.25, -0.2) is 9.97 Å². The number of nitrogens with one attached hydrogen (secondary N) is 1. The van der Waals surface area contributed by atoms with Crippen molar-refractivity contribution in [3.05, 3.63) is 52.8 Å². The summed E-state index contributed by atoms with van der Waals surface area (Å²) in [6, 6.07) is 9.38. The normalized spacial score (nSPS) is 14.7. The SMILES string of the molecule is Cc1cc(C)nc(N=C(NC(=O)C(F)(F)F)N2CCc3ccccc3C2)n1. The van der Waals surface area contributed by atoms with Crippen LogP contribution in [0.2, 0.25) is 0 Å². The molecule has 1 aliphatic rings. The van der Waals surface area contributed by atoms with Gasteiger partial charge in [0.05, 0.1) is 0 Å². The molecule has 0 saturated heterocycles. The summed E-state index contributed by atoms with van der Waals surface area (Å²) in [6.45, 7) is 4.22. The molecule has 0 spiro atoms. The third kappa shape index (κ3) is 4.60. The van der Waals surface area contributed by atoms with Crippen molar-refractivity contribution in [1.29, 1.82) is 0 Å². The van der Waals surface area contributed by atoms with E-state index >= 15 is 0 Å². The molecule has 0 bridgehead atoms. The number of nitrogens with zero attached hydrogens (tertiary/aromatic N) is 4. The Bertz CT molecular complexity index is 875. The van der Waals surface area contributed by atoms with Crippen LogP contribution in [0.5, 0.6) is 0 Å². The van der Waals surface area contributed by atoms with Gasteiger partial charge in [0.25, 0.3) is 5.95 Å². The maximum Gasteiger partial charge on any atom is 0.471 e. The minimum atomic E-state index is -5.02. The maximum absolute atomic E-state index is 12.8. The first kappa shape index (κ1) is 18.8. The number of benzene rings is 1. The predicted molar refractivity (Wildman–Crippen MR) is 93.4 cm³/mol. The molecule has 0 saturated carbocycles. The molecule has 0 unspecified atom stereocenters. The minimum Gasteiger partial charge on any atom is -0.338 e. The minimum absolute atomic E-state index is 0.00355. The Morgan fingerprint density at radius 2 is 1.78 bits per heavy atom. The van der Waals surface area contributed by atoms with Gasteiger partial charge in [-0.05, 0) is 37.5 Å². The van der Waals surface area contributed by atoms with E-state index in [0.717, 1.165) is 11.1 Å². The molecule has 3 rings (SSSR count). The number of alkyl halides is 3. The van der Waals surface area contributed by atoms with E-state index in [2.05, 4.69) is 15.0 Å². The first-order valence-electron chi connectivity index (χ1n) is 8.33. The predicted octanol–water partition coefficient (Wildman–Crippen LogP) is 2.82. The third-order valence-electron chi connectivity index (χ3n) is 4.09. The first-order valence-corrected chi connectivity index (χ1v) is 8.33. The van der Waals surface area contributed by atoms with Gasteiger partial charge in [0.2, 0.25) is 5.96 Å². The summed E-state index contributed by atoms with van der Waals surface area (Å²) in [5, 5.41) is 1.88. The molecule has 9 heteroatoms. The molecule has 0 radical (unpaired) electrons. The van der Waals surface area contributed by atoms with Gasteiger partial charge in [0, 0.05) is 24.5 Å². The van der Waals surface area contributed by atoms with Crippen LogP contribution in [0, 0.1) is 13.8 Å². The number of carbonyl (C=O) groups is 1. The second kappa shape index (κ2) is 7.34. The van der Waals surface area contributed by atoms with Gasteiger partial charge >= 0.3 is 12.1 Å². The summed E-state index contributed by atoms with van der Waals surface area (Å²) in [4.78, 5) is 25.5. The summed E-state index contributed by atoms with van der Waals surface area (Å²) in [5.41, 5.74) is 3.36. The zero-order chi connectivity index (χ0) is 19.6. The number of amides is 1. The number of aromatic nitrogens is 2. The number of halogens is 3. The van der Waals surface area contributed by atoms with E-state index in [-0.39, 0.29) is 11.9 Å². The van der Waals surface area contributed by atoms with Crippen LogP contribution < -0.4 is 5.32 Å². The Balaban J connectivity index is 1.95. The van der Waals surface area contributed by atoms with Crippen LogP contribution in [0.1, 0.15) is 22.5 Å². The fraction of sp³-hybridized carbons (Fsp3) is 0.333. The Labute approximate surface area is 154 Å². The standard InChI is InChI=1S/C18H18F3N5O/c1-11-9-12(2)23-16(22-11)25-17(24-15(27)18(19,20)21)26-8-7-13-5-3-4-6-14(13)10-26/h3-6,9H,7-8,10H2,1-2H3,(H,22,23,24,25,27). The lowest BCUT2D eigenvalue weighted by molar-refractivity contribution is -0.172. The molecular weight excluding hydrogens is 359 g/mol. The van der Waals surface area contributed by atoms with Crippen LogP contribution >= 0.6 is 0 Å². The van der Waals surface area contributed by atoms with Crippen molar-refractivity contribution >= 4 is 17.8 Å². The smallest absolute Gasteiger partial charge is 0.338 e. The number of fused-ring (bicyclic) bond motifs is 1. The molecule has 6 nitrogen and oxygen atoms in total. The van der Waals surface area contributed by atoms with Gasteiger partial charge < -0.3 is 4.90 Å². The summed E-state index contributed by atoms with van der Waals surface area (Å²) in [5.74, 6) is -2.29. The number of carbonyl (C=O) groups excluding carboxylic acids is 1. The van der Waals surface area contributed by atoms with Crippen LogP contribution in [0.15, 0.2) is 35.3 Å². The largest absolute Gasteiger partial charge is 0.471 e. The number of hydrogen-bond acceptors (Lipinski definition) is 4. The Kier molecular flexibility index (Phi) is 5.11. The van der Waals surface area contributed by atoms with Crippen molar-refractivity contribution in [2.24, 2.45) is 4.99 Å². The number of hydrogen-bond donors (Lipinski definition) is 1. The van der Waals surface area contributed by atoms with E-state index in [1.54, 1.807) is 24.8 Å². The van der Waals surface area contributed by atoms with Gasteiger partial charge in [-0.3, -0.25) is 10.1 Å². The van der Waals surface area contributed by atoms with Crippen LogP contribution in [0.3, 0.4) is 0 Å². The molecule has 0 atom stereocenters. The molecule has 1 aliphatic heterocycles. The second-order valence-electron chi connectivity index (χ2n) is 6.28. The monoisotopic (exact) mass is 377 g/mol. The maximum atomic E-state index is 12.8. The molecule has 1 amide bonds. The highest BCUT2D eigenvalue weighted by atomic mass is 19.4. The van der Waals surface area contributed by atoms with Gasteiger partial charge in [-0.2, -0.15) is 18.2 Å². The summed E-state index contributed by atoms with van der Waals surface area (Å²) >= 11 is 0. The molecule has 142 valence electrons. The fourth-order valence-electron chi connectivity index (χ4n) is 2.88. The van der Waals surface area contributed by atoms with Gasteiger partial charge in [0.15, 0.2) is 0 Å². The van der Waals surface area contributed by atoms with Crippen LogP contribution in [-0.4, -0.2) is 39.5 Å². The van der Waals surface area contributed by atoms with Gasteiger partial charge in [0.1, 0.15) is 0 Å². The topological polar surface area (TPSA) is 70.5 Å². The van der Waals surface area contributed by atoms with Crippen molar-refractivity contribution in [2.75, 3.05) is 6.54 Å². The van der Waals surface area contributed by atoms with Gasteiger partial charge in [-0.1, -0.05) is 24.3 Å². The highest BCUT2D eigenvalue weighted by Crippen LogP contribution is 2.20. The van der Waals surface area contributed by atoms with Crippen molar-refractivity contribution in [2.45, 2.75) is 33.0 Å². The average molecular weight is 377 g/mol. The van der Waals surface area contributed by atoms with Crippen molar-refractivity contribution in [1.82, 2.24) is 20.2 Å². The molecule has 0 aliphatic carbocycles. The fourth-order valence-corrected chi connectivity index (χ4v) is 2.88.